The first-order chi connectivity index (χ1) is 10.7. The molecule has 0 N–H and O–H groups in total. The van der Waals surface area contributed by atoms with Crippen molar-refractivity contribution in [3.63, 3.8) is 0 Å². The molecule has 108 valence electrons. The Morgan fingerprint density at radius 1 is 1.09 bits per heavy atom. The first-order valence-corrected chi connectivity index (χ1v) is 6.45. The maximum atomic E-state index is 12.6. The molecule has 0 saturated carbocycles. The van der Waals surface area contributed by atoms with Gasteiger partial charge >= 0.3 is 5.69 Å². The molecular formula is C16H10N2O4. The average molecular weight is 294 g/mol. The fourth-order valence-corrected chi connectivity index (χ4v) is 2.12. The smallest absolute Gasteiger partial charge is 0.303 e. The zero-order valence-corrected chi connectivity index (χ0v) is 11.3. The van der Waals surface area contributed by atoms with Gasteiger partial charge in [0.25, 0.3) is 5.69 Å². The number of hydrogen-bond donors (Lipinski definition) is 0. The third-order valence-electron chi connectivity index (χ3n) is 3.17. The normalized spacial score (nSPS) is 10.4. The van der Waals surface area contributed by atoms with Crippen LogP contribution in [0.25, 0.3) is 5.69 Å². The van der Waals surface area contributed by atoms with Gasteiger partial charge in [0.1, 0.15) is 0 Å². The minimum Gasteiger partial charge on any atom is -0.539 e. The van der Waals surface area contributed by atoms with Gasteiger partial charge in [-0.15, -0.1) is 0 Å². The number of hydrogen-bond acceptors (Lipinski definition) is 5. The van der Waals surface area contributed by atoms with Crippen LogP contribution in [0.2, 0.25) is 0 Å². The van der Waals surface area contributed by atoms with Gasteiger partial charge in [0.05, 0.1) is 10.8 Å². The van der Waals surface area contributed by atoms with E-state index >= 15 is 0 Å². The molecule has 0 amide bonds. The van der Waals surface area contributed by atoms with Crippen molar-refractivity contribution in [3.8, 4) is 11.6 Å². The van der Waals surface area contributed by atoms with Gasteiger partial charge in [0.15, 0.2) is 11.7 Å². The van der Waals surface area contributed by atoms with E-state index in [1.807, 2.05) is 6.07 Å². The van der Waals surface area contributed by atoms with Crippen molar-refractivity contribution >= 4 is 12.1 Å². The second kappa shape index (κ2) is 5.61. The van der Waals surface area contributed by atoms with Crippen molar-refractivity contribution < 1.29 is 23.9 Å². The molecule has 0 aliphatic heterocycles. The third-order valence-corrected chi connectivity index (χ3v) is 3.17. The van der Waals surface area contributed by atoms with E-state index in [1.54, 1.807) is 48.5 Å². The number of carbonyl (C=O) groups excluding carboxylic acids is 2. The van der Waals surface area contributed by atoms with Crippen LogP contribution in [0, 0.1) is 0 Å². The molecule has 0 unspecified atom stereocenters. The molecule has 1 aromatic heterocycles. The molecule has 2 aromatic carbocycles. The van der Waals surface area contributed by atoms with E-state index in [0.717, 1.165) is 4.68 Å². The van der Waals surface area contributed by atoms with Gasteiger partial charge in [-0.25, -0.2) is 0 Å². The first kappa shape index (κ1) is 13.7. The standard InChI is InChI=1S/C16H10N2O4/c19-10-14-16(21)22-17-18(14)13-9-5-4-8-12(13)15(20)11-6-2-1-3-7-11/h1-10H. The summed E-state index contributed by atoms with van der Waals surface area (Å²) in [4.78, 5) is 23.6. The predicted molar refractivity (Wildman–Crippen MR) is 72.7 cm³/mol. The van der Waals surface area contributed by atoms with Crippen molar-refractivity contribution in [2.24, 2.45) is 0 Å². The highest BCUT2D eigenvalue weighted by atomic mass is 16.6. The lowest BCUT2D eigenvalue weighted by Gasteiger charge is -2.02. The van der Waals surface area contributed by atoms with E-state index in [1.165, 1.54) is 0 Å². The molecule has 3 aromatic rings. The van der Waals surface area contributed by atoms with Crippen molar-refractivity contribution in [3.05, 3.63) is 71.4 Å². The van der Waals surface area contributed by atoms with E-state index in [2.05, 4.69) is 9.79 Å². The van der Waals surface area contributed by atoms with E-state index in [4.69, 9.17) is 0 Å². The molecule has 0 aliphatic rings. The molecular weight excluding hydrogens is 284 g/mol. The summed E-state index contributed by atoms with van der Waals surface area (Å²) in [5.74, 6) is -1.09. The molecule has 0 bridgehead atoms. The van der Waals surface area contributed by atoms with Crippen LogP contribution in [0.1, 0.15) is 26.4 Å². The number of nitrogens with zero attached hydrogens (tertiary/aromatic N) is 2. The molecule has 0 saturated heterocycles. The average Bonchev–Trinajstić information content (AvgIpc) is 2.95. The summed E-state index contributed by atoms with van der Waals surface area (Å²) in [6, 6.07) is 15.3. The molecule has 3 rings (SSSR count). The van der Waals surface area contributed by atoms with Crippen molar-refractivity contribution in [2.45, 2.75) is 0 Å². The molecule has 0 fully saturated rings. The maximum absolute atomic E-state index is 12.6. The van der Waals surface area contributed by atoms with E-state index in [0.29, 0.717) is 23.1 Å². The Morgan fingerprint density at radius 3 is 2.50 bits per heavy atom. The Labute approximate surface area is 125 Å². The fraction of sp³-hybridized carbons (Fsp3) is 0. The van der Waals surface area contributed by atoms with Gasteiger partial charge in [0, 0.05) is 11.6 Å². The second-order valence-electron chi connectivity index (χ2n) is 4.49. The van der Waals surface area contributed by atoms with E-state index in [9.17, 15) is 14.7 Å². The Kier molecular flexibility index (Phi) is 3.49. The SMILES string of the molecule is O=Cc1c([O-])on[n+]1-c1ccccc1C(=O)c1ccccc1. The van der Waals surface area contributed by atoms with Crippen LogP contribution in [0.4, 0.5) is 0 Å². The van der Waals surface area contributed by atoms with Crippen LogP contribution in [0.5, 0.6) is 5.95 Å². The lowest BCUT2D eigenvalue weighted by Crippen LogP contribution is -2.38. The van der Waals surface area contributed by atoms with Gasteiger partial charge in [-0.2, -0.15) is 0 Å². The number of aldehydes is 1. The highest BCUT2D eigenvalue weighted by Crippen LogP contribution is 2.16. The summed E-state index contributed by atoms with van der Waals surface area (Å²) in [7, 11) is 0. The highest BCUT2D eigenvalue weighted by Gasteiger charge is 2.26. The van der Waals surface area contributed by atoms with Gasteiger partial charge in [-0.3, -0.25) is 9.59 Å². The van der Waals surface area contributed by atoms with Gasteiger partial charge in [-0.05, 0) is 10.7 Å². The van der Waals surface area contributed by atoms with Crippen LogP contribution in [0.3, 0.4) is 0 Å². The lowest BCUT2D eigenvalue weighted by atomic mass is 10.0. The monoisotopic (exact) mass is 294 g/mol. The molecule has 0 spiro atoms. The number of carbonyl (C=O) groups is 2. The number of ketones is 1. The molecule has 0 atom stereocenters. The van der Waals surface area contributed by atoms with Crippen LogP contribution in [0.15, 0.2) is 59.1 Å². The summed E-state index contributed by atoms with van der Waals surface area (Å²) in [6.45, 7) is 0. The molecule has 22 heavy (non-hydrogen) atoms. The van der Waals surface area contributed by atoms with Crippen LogP contribution in [-0.2, 0) is 0 Å². The molecule has 6 nitrogen and oxygen atoms in total. The Bertz CT molecular complexity index is 840. The summed E-state index contributed by atoms with van der Waals surface area (Å²) < 4.78 is 5.53. The quantitative estimate of drug-likeness (QED) is 0.408. The lowest BCUT2D eigenvalue weighted by molar-refractivity contribution is -0.671. The molecule has 0 radical (unpaired) electrons. The summed E-state index contributed by atoms with van der Waals surface area (Å²) >= 11 is 0. The minimum atomic E-state index is -0.850. The van der Waals surface area contributed by atoms with Crippen molar-refractivity contribution in [2.75, 3.05) is 0 Å². The number of benzene rings is 2. The van der Waals surface area contributed by atoms with Crippen molar-refractivity contribution in [1.82, 2.24) is 5.27 Å². The van der Waals surface area contributed by atoms with Crippen LogP contribution >= 0.6 is 0 Å². The summed E-state index contributed by atoms with van der Waals surface area (Å²) in [5, 5.41) is 15.0. The van der Waals surface area contributed by atoms with Gasteiger partial charge in [-0.1, -0.05) is 42.5 Å². The topological polar surface area (TPSA) is 87.1 Å². The molecule has 6 heteroatoms. The van der Waals surface area contributed by atoms with E-state index < -0.39 is 5.95 Å². The predicted octanol–water partition coefficient (Wildman–Crippen LogP) is 1.07. The Balaban J connectivity index is 2.15. The number of aromatic nitrogens is 2. The third kappa shape index (κ3) is 2.26. The van der Waals surface area contributed by atoms with E-state index in [-0.39, 0.29) is 11.5 Å². The van der Waals surface area contributed by atoms with Crippen LogP contribution < -0.4 is 9.79 Å². The number of para-hydroxylation sites is 1. The number of rotatable bonds is 4. The zero-order chi connectivity index (χ0) is 15.5. The maximum Gasteiger partial charge on any atom is 0.303 e. The van der Waals surface area contributed by atoms with Crippen molar-refractivity contribution in [1.29, 1.82) is 0 Å². The largest absolute Gasteiger partial charge is 0.539 e. The Hall–Kier alpha value is -3.28. The molecule has 1 heterocycles. The second-order valence-corrected chi connectivity index (χ2v) is 4.49. The Morgan fingerprint density at radius 2 is 1.77 bits per heavy atom. The highest BCUT2D eigenvalue weighted by molar-refractivity contribution is 6.10. The van der Waals surface area contributed by atoms with Crippen LogP contribution in [-0.4, -0.2) is 17.3 Å². The molecule has 0 aliphatic carbocycles. The summed E-state index contributed by atoms with van der Waals surface area (Å²) in [5.41, 5.74) is 0.849. The summed E-state index contributed by atoms with van der Waals surface area (Å²) in [6.07, 6.45) is 0.350. The first-order valence-electron chi connectivity index (χ1n) is 6.45. The zero-order valence-electron chi connectivity index (χ0n) is 11.3. The minimum absolute atomic E-state index is 0.240. The van der Waals surface area contributed by atoms with Gasteiger partial charge in [0.2, 0.25) is 6.29 Å². The fourth-order valence-electron chi connectivity index (χ4n) is 2.12. The van der Waals surface area contributed by atoms with Gasteiger partial charge < -0.3 is 9.63 Å².